The molecule has 3 aliphatic heterocycles. The van der Waals surface area contributed by atoms with Crippen LogP contribution in [0.1, 0.15) is 51.3 Å². The van der Waals surface area contributed by atoms with Crippen LogP contribution in [0.2, 0.25) is 5.02 Å². The van der Waals surface area contributed by atoms with E-state index in [0.717, 1.165) is 48.6 Å². The van der Waals surface area contributed by atoms with Gasteiger partial charge in [-0.2, -0.15) is 26.3 Å². The molecule has 1 aromatic carbocycles. The van der Waals surface area contributed by atoms with Crippen LogP contribution in [0.5, 0.6) is 5.75 Å². The SMILES string of the molecule is CN1CCN(CC[C@H]2N(C(=O)c3ncccc3C(F)(F)F)CCC[C@@]2(Oc2csc(C(F)(F)F)c2)C(=O)N2CCc3cc(Cl)ccc3C2)CC1. The highest BCUT2D eigenvalue weighted by Gasteiger charge is 2.56. The smallest absolute Gasteiger partial charge is 0.425 e. The zero-order valence-corrected chi connectivity index (χ0v) is 28.8. The van der Waals surface area contributed by atoms with Crippen molar-refractivity contribution >= 4 is 34.8 Å². The Labute approximate surface area is 294 Å². The van der Waals surface area contributed by atoms with Crippen LogP contribution in [-0.4, -0.2) is 101 Å². The molecule has 8 nitrogen and oxygen atoms in total. The maximum Gasteiger partial charge on any atom is 0.425 e. The second kappa shape index (κ2) is 14.3. The molecule has 0 radical (unpaired) electrons. The van der Waals surface area contributed by atoms with Gasteiger partial charge in [0.1, 0.15) is 16.3 Å². The number of alkyl halides is 6. The minimum absolute atomic E-state index is 0.00271. The monoisotopic (exact) mass is 743 g/mol. The first kappa shape index (κ1) is 36.4. The number of nitrogens with zero attached hydrogens (tertiary/aromatic N) is 5. The number of carbonyl (C=O) groups excluding carboxylic acids is 2. The van der Waals surface area contributed by atoms with E-state index in [4.69, 9.17) is 16.3 Å². The summed E-state index contributed by atoms with van der Waals surface area (Å²) in [5, 5.41) is 1.71. The number of aromatic nitrogens is 1. The van der Waals surface area contributed by atoms with Crippen LogP contribution in [0, 0.1) is 0 Å². The average Bonchev–Trinajstić information content (AvgIpc) is 3.56. The second-order valence-corrected chi connectivity index (χ2v) is 14.3. The number of thiophene rings is 1. The molecule has 50 heavy (non-hydrogen) atoms. The summed E-state index contributed by atoms with van der Waals surface area (Å²) in [5.74, 6) is -1.77. The standard InChI is InChI=1S/C34H36ClF6N5O3S/c1-43-14-16-44(17-15-43)12-8-27-32(49-25-19-28(50-21-25)34(39,40)41,31(48)45-13-7-22-18-24(35)6-5-23(22)20-45)9-3-11-46(27)30(47)29-26(33(36,37)38)4-2-10-42-29/h2,4-6,10,18-19,21,27H,3,7-9,11-17,20H2,1H3/t27-,32+/m1/s1. The summed E-state index contributed by atoms with van der Waals surface area (Å²) in [6.45, 7) is 3.67. The topological polar surface area (TPSA) is 69.2 Å². The number of rotatable bonds is 7. The van der Waals surface area contributed by atoms with Crippen LogP contribution in [0.25, 0.3) is 0 Å². The molecule has 0 spiro atoms. The predicted molar refractivity (Wildman–Crippen MR) is 175 cm³/mol. The van der Waals surface area contributed by atoms with Crippen LogP contribution in [0.4, 0.5) is 26.3 Å². The number of piperidine rings is 1. The van der Waals surface area contributed by atoms with Crippen LogP contribution in [0.3, 0.4) is 0 Å². The quantitative estimate of drug-likeness (QED) is 0.259. The Morgan fingerprint density at radius 3 is 2.46 bits per heavy atom. The lowest BCUT2D eigenvalue weighted by atomic mass is 9.79. The predicted octanol–water partition coefficient (Wildman–Crippen LogP) is 6.48. The highest BCUT2D eigenvalue weighted by Crippen LogP contribution is 2.43. The van der Waals surface area contributed by atoms with Gasteiger partial charge in [-0.15, -0.1) is 11.3 Å². The number of fused-ring (bicyclic) bond motifs is 1. The van der Waals surface area contributed by atoms with E-state index < -0.39 is 51.9 Å². The third-order valence-corrected chi connectivity index (χ3v) is 10.9. The first-order valence-electron chi connectivity index (χ1n) is 16.3. The summed E-state index contributed by atoms with van der Waals surface area (Å²) in [7, 11) is 1.99. The number of halogens is 7. The molecular formula is C34H36ClF6N5O3S. The summed E-state index contributed by atoms with van der Waals surface area (Å²) in [6.07, 6.45) is -7.71. The van der Waals surface area contributed by atoms with Crippen molar-refractivity contribution in [3.05, 3.63) is 80.3 Å². The Bertz CT molecular complexity index is 1710. The molecule has 0 bridgehead atoms. The fraction of sp³-hybridized carbons (Fsp3) is 0.500. The van der Waals surface area contributed by atoms with Gasteiger partial charge >= 0.3 is 12.4 Å². The van der Waals surface area contributed by atoms with Crippen molar-refractivity contribution in [1.29, 1.82) is 0 Å². The van der Waals surface area contributed by atoms with Crippen molar-refractivity contribution in [1.82, 2.24) is 24.6 Å². The number of amides is 2. The van der Waals surface area contributed by atoms with E-state index in [1.807, 2.05) is 13.1 Å². The van der Waals surface area contributed by atoms with Crippen LogP contribution < -0.4 is 4.74 Å². The molecule has 5 heterocycles. The molecule has 2 saturated heterocycles. The fourth-order valence-corrected chi connectivity index (χ4v) is 8.01. The molecule has 3 aromatic rings. The van der Waals surface area contributed by atoms with Crippen LogP contribution >= 0.6 is 22.9 Å². The molecule has 3 aliphatic rings. The van der Waals surface area contributed by atoms with E-state index in [1.165, 1.54) is 10.3 Å². The highest BCUT2D eigenvalue weighted by molar-refractivity contribution is 7.10. The van der Waals surface area contributed by atoms with E-state index in [9.17, 15) is 35.9 Å². The normalized spacial score (nSPS) is 22.4. The number of piperazine rings is 1. The molecule has 2 amide bonds. The van der Waals surface area contributed by atoms with E-state index in [1.54, 1.807) is 17.0 Å². The van der Waals surface area contributed by atoms with Gasteiger partial charge in [-0.1, -0.05) is 17.7 Å². The van der Waals surface area contributed by atoms with E-state index in [-0.39, 0.29) is 44.6 Å². The number of hydrogen-bond acceptors (Lipinski definition) is 7. The number of carbonyl (C=O) groups is 2. The Morgan fingerprint density at radius 1 is 1.00 bits per heavy atom. The number of likely N-dealkylation sites (tertiary alicyclic amines) is 1. The van der Waals surface area contributed by atoms with Gasteiger partial charge in [0.05, 0.1) is 11.6 Å². The zero-order valence-electron chi connectivity index (χ0n) is 27.2. The lowest BCUT2D eigenvalue weighted by Crippen LogP contribution is -2.68. The third kappa shape index (κ3) is 7.60. The number of hydrogen-bond donors (Lipinski definition) is 0. The highest BCUT2D eigenvalue weighted by atomic mass is 35.5. The van der Waals surface area contributed by atoms with Gasteiger partial charge in [-0.3, -0.25) is 14.6 Å². The molecule has 270 valence electrons. The van der Waals surface area contributed by atoms with Gasteiger partial charge in [-0.25, -0.2) is 0 Å². The molecule has 0 aliphatic carbocycles. The van der Waals surface area contributed by atoms with E-state index >= 15 is 0 Å². The molecular weight excluding hydrogens is 708 g/mol. The zero-order chi connectivity index (χ0) is 35.8. The van der Waals surface area contributed by atoms with Gasteiger partial charge in [0.15, 0.2) is 0 Å². The maximum atomic E-state index is 15.0. The van der Waals surface area contributed by atoms with Crippen molar-refractivity contribution in [3.63, 3.8) is 0 Å². The van der Waals surface area contributed by atoms with Crippen molar-refractivity contribution in [2.75, 3.05) is 52.9 Å². The average molecular weight is 744 g/mol. The summed E-state index contributed by atoms with van der Waals surface area (Å²) >= 11 is 6.62. The van der Waals surface area contributed by atoms with Crippen molar-refractivity contribution in [3.8, 4) is 5.75 Å². The molecule has 0 saturated carbocycles. The van der Waals surface area contributed by atoms with Gasteiger partial charge in [-0.05, 0) is 61.7 Å². The van der Waals surface area contributed by atoms with Gasteiger partial charge in [0, 0.05) is 81.4 Å². The lowest BCUT2D eigenvalue weighted by Gasteiger charge is -2.50. The summed E-state index contributed by atoms with van der Waals surface area (Å²) in [4.78, 5) is 39.2. The number of pyridine rings is 1. The second-order valence-electron chi connectivity index (χ2n) is 13.0. The van der Waals surface area contributed by atoms with E-state index in [2.05, 4.69) is 14.8 Å². The van der Waals surface area contributed by atoms with Gasteiger partial charge in [0.2, 0.25) is 5.60 Å². The summed E-state index contributed by atoms with van der Waals surface area (Å²) in [6, 6.07) is 6.88. The Kier molecular flexibility index (Phi) is 10.4. The lowest BCUT2D eigenvalue weighted by molar-refractivity contribution is -0.160. The van der Waals surface area contributed by atoms with Crippen LogP contribution in [0.15, 0.2) is 48.0 Å². The minimum atomic E-state index is -4.89. The van der Waals surface area contributed by atoms with Crippen LogP contribution in [-0.2, 0) is 30.1 Å². The largest absolute Gasteiger partial charge is 0.474 e. The third-order valence-electron chi connectivity index (χ3n) is 9.74. The first-order valence-corrected chi connectivity index (χ1v) is 17.6. The van der Waals surface area contributed by atoms with E-state index in [0.29, 0.717) is 42.4 Å². The Morgan fingerprint density at radius 2 is 1.76 bits per heavy atom. The molecule has 2 atom stereocenters. The molecule has 0 N–H and O–H groups in total. The molecule has 2 fully saturated rings. The number of benzene rings is 1. The summed E-state index contributed by atoms with van der Waals surface area (Å²) < 4.78 is 90.1. The summed E-state index contributed by atoms with van der Waals surface area (Å²) in [5.41, 5.74) is -2.16. The van der Waals surface area contributed by atoms with Crippen molar-refractivity contribution in [2.45, 2.75) is 56.2 Å². The number of likely N-dealkylation sites (N-methyl/N-ethyl adjacent to an activating group) is 1. The molecule has 2 aromatic heterocycles. The minimum Gasteiger partial charge on any atom is -0.474 e. The fourth-order valence-electron chi connectivity index (χ4n) is 7.14. The molecule has 6 rings (SSSR count). The Hall–Kier alpha value is -3.40. The van der Waals surface area contributed by atoms with Gasteiger partial charge in [0.25, 0.3) is 11.8 Å². The van der Waals surface area contributed by atoms with Crippen molar-refractivity contribution < 1.29 is 40.7 Å². The number of ether oxygens (including phenoxy) is 1. The van der Waals surface area contributed by atoms with Crippen molar-refractivity contribution in [2.24, 2.45) is 0 Å². The maximum absolute atomic E-state index is 15.0. The first-order chi connectivity index (χ1) is 23.7. The Balaban J connectivity index is 1.43. The molecule has 0 unspecified atom stereocenters. The molecule has 16 heteroatoms. The van der Waals surface area contributed by atoms with Gasteiger partial charge < -0.3 is 24.3 Å².